The van der Waals surface area contributed by atoms with E-state index in [9.17, 15) is 4.79 Å². The van der Waals surface area contributed by atoms with Gasteiger partial charge < -0.3 is 5.32 Å². The van der Waals surface area contributed by atoms with Crippen LogP contribution >= 0.6 is 11.6 Å². The van der Waals surface area contributed by atoms with Crippen molar-refractivity contribution < 1.29 is 4.79 Å². The van der Waals surface area contributed by atoms with Crippen LogP contribution in [-0.4, -0.2) is 18.3 Å². The number of hydrogen-bond donors (Lipinski definition) is 1. The third-order valence-corrected chi connectivity index (χ3v) is 5.97. The van der Waals surface area contributed by atoms with Crippen LogP contribution in [0.1, 0.15) is 58.8 Å². The minimum Gasteiger partial charge on any atom is -0.356 e. The Bertz CT molecular complexity index is 376. The summed E-state index contributed by atoms with van der Waals surface area (Å²) in [7, 11) is 0. The summed E-state index contributed by atoms with van der Waals surface area (Å²) in [5.74, 6) is 1.73. The monoisotopic (exact) mass is 283 g/mol. The molecule has 4 rings (SSSR count). The maximum atomic E-state index is 12.7. The van der Waals surface area contributed by atoms with Crippen LogP contribution in [0.3, 0.4) is 0 Å². The van der Waals surface area contributed by atoms with Crippen molar-refractivity contribution in [2.45, 2.75) is 58.8 Å². The van der Waals surface area contributed by atoms with Gasteiger partial charge in [0, 0.05) is 12.4 Å². The summed E-state index contributed by atoms with van der Waals surface area (Å²) in [5.41, 5.74) is 0.769. The largest absolute Gasteiger partial charge is 0.356 e. The molecule has 0 saturated heterocycles. The Kier molecular flexibility index (Phi) is 3.16. The number of nitrogens with one attached hydrogen (secondary N) is 1. The van der Waals surface area contributed by atoms with Crippen LogP contribution in [0.25, 0.3) is 0 Å². The van der Waals surface area contributed by atoms with Crippen LogP contribution in [0.5, 0.6) is 0 Å². The molecule has 0 spiro atoms. The van der Waals surface area contributed by atoms with Gasteiger partial charge in [0.25, 0.3) is 0 Å². The van der Waals surface area contributed by atoms with Gasteiger partial charge >= 0.3 is 0 Å². The fourth-order valence-electron chi connectivity index (χ4n) is 6.16. The Hall–Kier alpha value is -0.240. The molecule has 0 aliphatic heterocycles. The Balaban J connectivity index is 1.78. The fourth-order valence-corrected chi connectivity index (χ4v) is 6.29. The Morgan fingerprint density at radius 2 is 1.79 bits per heavy atom. The summed E-state index contributed by atoms with van der Waals surface area (Å²) < 4.78 is 0. The van der Waals surface area contributed by atoms with Gasteiger partial charge in [-0.25, -0.2) is 0 Å². The molecule has 2 unspecified atom stereocenters. The van der Waals surface area contributed by atoms with Crippen molar-refractivity contribution in [3.63, 3.8) is 0 Å². The van der Waals surface area contributed by atoms with Crippen LogP contribution in [-0.2, 0) is 4.79 Å². The number of rotatable bonds is 4. The van der Waals surface area contributed by atoms with Crippen molar-refractivity contribution in [3.05, 3.63) is 0 Å². The number of halogens is 1. The lowest BCUT2D eigenvalue weighted by atomic mass is 9.40. The van der Waals surface area contributed by atoms with Gasteiger partial charge in [0.15, 0.2) is 0 Å². The highest BCUT2D eigenvalue weighted by molar-refractivity contribution is 6.17. The topological polar surface area (TPSA) is 29.1 Å². The lowest BCUT2D eigenvalue weighted by Crippen LogP contribution is -2.59. The molecule has 3 heteroatoms. The van der Waals surface area contributed by atoms with E-state index >= 15 is 0 Å². The molecule has 4 fully saturated rings. The van der Waals surface area contributed by atoms with Crippen LogP contribution in [0.4, 0.5) is 0 Å². The molecule has 0 aromatic heterocycles. The number of hydrogen-bond acceptors (Lipinski definition) is 1. The van der Waals surface area contributed by atoms with Crippen LogP contribution in [0.15, 0.2) is 0 Å². The lowest BCUT2D eigenvalue weighted by molar-refractivity contribution is -0.170. The molecule has 19 heavy (non-hydrogen) atoms. The zero-order valence-corrected chi connectivity index (χ0v) is 13.0. The van der Waals surface area contributed by atoms with Crippen molar-refractivity contribution in [2.75, 3.05) is 12.4 Å². The third-order valence-electron chi connectivity index (χ3n) is 5.70. The van der Waals surface area contributed by atoms with Gasteiger partial charge in [0.05, 0.1) is 5.41 Å². The average Bonchev–Trinajstić information content (AvgIpc) is 2.24. The second kappa shape index (κ2) is 4.38. The fraction of sp³-hybridized carbons (Fsp3) is 0.938. The van der Waals surface area contributed by atoms with Crippen LogP contribution < -0.4 is 5.32 Å². The molecule has 1 amide bonds. The van der Waals surface area contributed by atoms with E-state index < -0.39 is 0 Å². The van der Waals surface area contributed by atoms with E-state index in [4.69, 9.17) is 11.6 Å². The van der Waals surface area contributed by atoms with Gasteiger partial charge in [-0.3, -0.25) is 4.79 Å². The average molecular weight is 284 g/mol. The first-order valence-corrected chi connectivity index (χ1v) is 8.27. The summed E-state index contributed by atoms with van der Waals surface area (Å²) in [6.07, 6.45) is 8.25. The normalized spacial score (nSPS) is 47.4. The Morgan fingerprint density at radius 3 is 2.32 bits per heavy atom. The first-order valence-electron chi connectivity index (χ1n) is 7.73. The maximum Gasteiger partial charge on any atom is 0.226 e. The summed E-state index contributed by atoms with van der Waals surface area (Å²) >= 11 is 5.70. The van der Waals surface area contributed by atoms with Gasteiger partial charge in [0.2, 0.25) is 5.91 Å². The van der Waals surface area contributed by atoms with E-state index in [1.165, 1.54) is 19.3 Å². The van der Waals surface area contributed by atoms with Crippen molar-refractivity contribution in [1.29, 1.82) is 0 Å². The van der Waals surface area contributed by atoms with Crippen molar-refractivity contribution >= 4 is 17.5 Å². The maximum absolute atomic E-state index is 12.7. The zero-order valence-electron chi connectivity index (χ0n) is 12.2. The zero-order chi connectivity index (χ0) is 13.7. The smallest absolute Gasteiger partial charge is 0.226 e. The van der Waals surface area contributed by atoms with E-state index in [1.807, 2.05) is 0 Å². The van der Waals surface area contributed by atoms with E-state index in [1.54, 1.807) is 0 Å². The van der Waals surface area contributed by atoms with E-state index in [-0.39, 0.29) is 5.41 Å². The molecule has 0 radical (unpaired) electrons. The van der Waals surface area contributed by atoms with Gasteiger partial charge in [-0.1, -0.05) is 13.8 Å². The van der Waals surface area contributed by atoms with E-state index in [0.717, 1.165) is 38.1 Å². The Morgan fingerprint density at radius 1 is 1.16 bits per heavy atom. The van der Waals surface area contributed by atoms with Crippen molar-refractivity contribution in [2.24, 2.45) is 22.2 Å². The highest BCUT2D eigenvalue weighted by atomic mass is 35.5. The standard InChI is InChI=1S/C16H26ClNO/c1-14-6-12-7-15(2,9-14)11-16(8-12,10-14)13(19)18-5-3-4-17/h12H,3-11H2,1-2H3,(H,18,19). The molecule has 2 atom stereocenters. The molecule has 4 saturated carbocycles. The molecular formula is C16H26ClNO. The first kappa shape index (κ1) is 13.7. The second-order valence-corrected chi connectivity index (χ2v) is 8.59. The quantitative estimate of drug-likeness (QED) is 0.618. The van der Waals surface area contributed by atoms with Crippen LogP contribution in [0.2, 0.25) is 0 Å². The highest BCUT2D eigenvalue weighted by Gasteiger charge is 2.62. The molecule has 0 aromatic rings. The molecular weight excluding hydrogens is 258 g/mol. The molecule has 2 nitrogen and oxygen atoms in total. The number of carbonyl (C=O) groups excluding carboxylic acids is 1. The predicted molar refractivity (Wildman–Crippen MR) is 78.2 cm³/mol. The van der Waals surface area contributed by atoms with Crippen molar-refractivity contribution in [1.82, 2.24) is 5.32 Å². The molecule has 108 valence electrons. The molecule has 4 aliphatic rings. The molecule has 0 heterocycles. The van der Waals surface area contributed by atoms with Gasteiger partial charge in [-0.05, 0) is 61.7 Å². The Labute approximate surface area is 121 Å². The van der Waals surface area contributed by atoms with E-state index in [2.05, 4.69) is 19.2 Å². The molecule has 4 bridgehead atoms. The lowest BCUT2D eigenvalue weighted by Gasteiger charge is -2.64. The summed E-state index contributed by atoms with van der Waals surface area (Å²) in [6, 6.07) is 0. The minimum atomic E-state index is -0.0603. The minimum absolute atomic E-state index is 0.0603. The third kappa shape index (κ3) is 2.30. The van der Waals surface area contributed by atoms with Gasteiger partial charge in [0.1, 0.15) is 0 Å². The molecule has 4 aliphatic carbocycles. The highest BCUT2D eigenvalue weighted by Crippen LogP contribution is 2.69. The first-order chi connectivity index (χ1) is 8.89. The number of alkyl halides is 1. The number of carbonyl (C=O) groups is 1. The van der Waals surface area contributed by atoms with Crippen LogP contribution in [0, 0.1) is 22.2 Å². The molecule has 0 aromatic carbocycles. The molecule has 1 N–H and O–H groups in total. The predicted octanol–water partition coefficient (Wildman–Crippen LogP) is 3.73. The summed E-state index contributed by atoms with van der Waals surface area (Å²) in [5, 5.41) is 3.15. The SMILES string of the molecule is CC12CC3CC(C)(C1)CC(C(=O)NCCCCl)(C3)C2. The second-order valence-electron chi connectivity index (χ2n) is 8.21. The summed E-state index contributed by atoms with van der Waals surface area (Å²) in [6.45, 7) is 5.56. The van der Waals surface area contributed by atoms with Crippen molar-refractivity contribution in [3.8, 4) is 0 Å². The van der Waals surface area contributed by atoms with Gasteiger partial charge in [-0.2, -0.15) is 0 Å². The van der Waals surface area contributed by atoms with E-state index in [0.29, 0.717) is 22.6 Å². The summed E-state index contributed by atoms with van der Waals surface area (Å²) in [4.78, 5) is 12.7. The van der Waals surface area contributed by atoms with Gasteiger partial charge in [-0.15, -0.1) is 11.6 Å². The number of amides is 1.